The fourth-order valence-electron chi connectivity index (χ4n) is 2.86. The van der Waals surface area contributed by atoms with Crippen LogP contribution in [0.3, 0.4) is 0 Å². The minimum Gasteiger partial charge on any atom is -0.338 e. The lowest BCUT2D eigenvalue weighted by Gasteiger charge is -2.31. The molecule has 1 aromatic carbocycles. The number of hydrogen-bond acceptors (Lipinski definition) is 5. The first kappa shape index (κ1) is 17.1. The standard InChI is InChI=1S/C17H17N3O4S/c21-16(18-14-6-2-1-3-7-14)12-5-4-8-19(10-12)17(22)13-9-15(20(23)24)25-11-13/h1-3,6-7,9,11-12H,4-5,8,10H2,(H,18,21). The second kappa shape index (κ2) is 7.43. The average molecular weight is 359 g/mol. The number of rotatable bonds is 4. The maximum absolute atomic E-state index is 12.5. The fourth-order valence-corrected chi connectivity index (χ4v) is 3.55. The maximum atomic E-state index is 12.5. The summed E-state index contributed by atoms with van der Waals surface area (Å²) in [6.45, 7) is 0.874. The SMILES string of the molecule is O=C(Nc1ccccc1)C1CCCN(C(=O)c2csc([N+](=O)[O-])c2)C1. The molecule has 2 aromatic rings. The zero-order valence-electron chi connectivity index (χ0n) is 13.4. The third-order valence-electron chi connectivity index (χ3n) is 4.13. The van der Waals surface area contributed by atoms with Gasteiger partial charge in [0.1, 0.15) is 0 Å². The molecule has 2 heterocycles. The lowest BCUT2D eigenvalue weighted by Crippen LogP contribution is -2.43. The highest BCUT2D eigenvalue weighted by Gasteiger charge is 2.30. The molecule has 0 aliphatic carbocycles. The van der Waals surface area contributed by atoms with Crippen LogP contribution in [-0.4, -0.2) is 34.7 Å². The lowest BCUT2D eigenvalue weighted by atomic mass is 9.96. The molecular formula is C17H17N3O4S. The smallest absolute Gasteiger partial charge is 0.324 e. The highest BCUT2D eigenvalue weighted by atomic mass is 32.1. The molecule has 0 bridgehead atoms. The molecule has 130 valence electrons. The highest BCUT2D eigenvalue weighted by Crippen LogP contribution is 2.26. The molecule has 1 aliphatic rings. The first-order valence-electron chi connectivity index (χ1n) is 7.92. The molecule has 0 radical (unpaired) electrons. The molecule has 3 rings (SSSR count). The Morgan fingerprint density at radius 3 is 2.72 bits per heavy atom. The monoisotopic (exact) mass is 359 g/mol. The predicted octanol–water partition coefficient (Wildman–Crippen LogP) is 3.15. The Morgan fingerprint density at radius 2 is 2.04 bits per heavy atom. The van der Waals surface area contributed by atoms with E-state index in [-0.39, 0.29) is 22.7 Å². The average Bonchev–Trinajstić information content (AvgIpc) is 3.12. The molecule has 0 spiro atoms. The van der Waals surface area contributed by atoms with Gasteiger partial charge in [-0.05, 0) is 25.0 Å². The van der Waals surface area contributed by atoms with Crippen molar-refractivity contribution >= 4 is 33.8 Å². The number of thiophene rings is 1. The van der Waals surface area contributed by atoms with Crippen LogP contribution < -0.4 is 5.32 Å². The van der Waals surface area contributed by atoms with Gasteiger partial charge in [0, 0.05) is 30.2 Å². The van der Waals surface area contributed by atoms with E-state index in [1.165, 1.54) is 11.4 Å². The summed E-state index contributed by atoms with van der Waals surface area (Å²) in [6.07, 6.45) is 1.44. The van der Waals surface area contributed by atoms with E-state index in [9.17, 15) is 19.7 Å². The van der Waals surface area contributed by atoms with E-state index in [0.29, 0.717) is 25.1 Å². The molecule has 1 aliphatic heterocycles. The second-order valence-electron chi connectivity index (χ2n) is 5.88. The molecular weight excluding hydrogens is 342 g/mol. The van der Waals surface area contributed by atoms with Gasteiger partial charge in [-0.25, -0.2) is 0 Å². The molecule has 1 fully saturated rings. The van der Waals surface area contributed by atoms with Gasteiger partial charge in [-0.2, -0.15) is 0 Å². The van der Waals surface area contributed by atoms with Crippen molar-refractivity contribution in [1.29, 1.82) is 0 Å². The molecule has 1 saturated heterocycles. The van der Waals surface area contributed by atoms with E-state index in [2.05, 4.69) is 5.32 Å². The summed E-state index contributed by atoms with van der Waals surface area (Å²) in [6, 6.07) is 10.5. The number of amides is 2. The van der Waals surface area contributed by atoms with Crippen molar-refractivity contribution in [1.82, 2.24) is 4.90 Å². The Morgan fingerprint density at radius 1 is 1.28 bits per heavy atom. The molecule has 2 amide bonds. The topological polar surface area (TPSA) is 92.6 Å². The number of carbonyl (C=O) groups excluding carboxylic acids is 2. The minimum atomic E-state index is -0.506. The van der Waals surface area contributed by atoms with E-state index in [4.69, 9.17) is 0 Å². The van der Waals surface area contributed by atoms with Crippen molar-refractivity contribution in [3.05, 3.63) is 57.5 Å². The molecule has 25 heavy (non-hydrogen) atoms. The van der Waals surface area contributed by atoms with Crippen molar-refractivity contribution in [2.45, 2.75) is 12.8 Å². The van der Waals surface area contributed by atoms with Crippen LogP contribution in [0.1, 0.15) is 23.2 Å². The van der Waals surface area contributed by atoms with Crippen LogP contribution in [0, 0.1) is 16.0 Å². The van der Waals surface area contributed by atoms with Gasteiger partial charge >= 0.3 is 5.00 Å². The Hall–Kier alpha value is -2.74. The normalized spacial score (nSPS) is 17.1. The van der Waals surface area contributed by atoms with Crippen molar-refractivity contribution in [3.8, 4) is 0 Å². The zero-order valence-corrected chi connectivity index (χ0v) is 14.2. The van der Waals surface area contributed by atoms with Gasteiger partial charge in [0.2, 0.25) is 5.91 Å². The van der Waals surface area contributed by atoms with Gasteiger partial charge in [-0.15, -0.1) is 0 Å². The third kappa shape index (κ3) is 4.03. The Balaban J connectivity index is 1.64. The summed E-state index contributed by atoms with van der Waals surface area (Å²) in [4.78, 5) is 36.8. The summed E-state index contributed by atoms with van der Waals surface area (Å²) >= 11 is 0.933. The van der Waals surface area contributed by atoms with Gasteiger partial charge in [-0.3, -0.25) is 19.7 Å². The molecule has 1 atom stereocenters. The molecule has 0 saturated carbocycles. The number of para-hydroxylation sites is 1. The van der Waals surface area contributed by atoms with Crippen LogP contribution in [0.5, 0.6) is 0 Å². The van der Waals surface area contributed by atoms with Crippen molar-refractivity contribution in [2.24, 2.45) is 5.92 Å². The summed E-state index contributed by atoms with van der Waals surface area (Å²) in [5.41, 5.74) is 1.03. The number of anilines is 1. The van der Waals surface area contributed by atoms with E-state index in [1.54, 1.807) is 4.90 Å². The van der Waals surface area contributed by atoms with Crippen molar-refractivity contribution in [3.63, 3.8) is 0 Å². The Bertz CT molecular complexity index is 790. The molecule has 7 nitrogen and oxygen atoms in total. The molecule has 1 unspecified atom stereocenters. The summed E-state index contributed by atoms with van der Waals surface area (Å²) in [5, 5.41) is 15.1. The number of piperidine rings is 1. The number of carbonyl (C=O) groups is 2. The summed E-state index contributed by atoms with van der Waals surface area (Å²) in [5.74, 6) is -0.659. The Kier molecular flexibility index (Phi) is 5.08. The van der Waals surface area contributed by atoms with E-state index in [0.717, 1.165) is 23.4 Å². The number of nitrogens with one attached hydrogen (secondary N) is 1. The van der Waals surface area contributed by atoms with Gasteiger partial charge in [0.25, 0.3) is 5.91 Å². The number of likely N-dealkylation sites (tertiary alicyclic amines) is 1. The first-order chi connectivity index (χ1) is 12.0. The number of hydrogen-bond donors (Lipinski definition) is 1. The number of nitrogens with zero attached hydrogens (tertiary/aromatic N) is 2. The molecule has 8 heteroatoms. The van der Waals surface area contributed by atoms with Crippen LogP contribution >= 0.6 is 11.3 Å². The van der Waals surface area contributed by atoms with Gasteiger partial charge < -0.3 is 10.2 Å². The maximum Gasteiger partial charge on any atom is 0.324 e. The quantitative estimate of drug-likeness (QED) is 0.670. The molecule has 1 aromatic heterocycles. The van der Waals surface area contributed by atoms with Gasteiger partial charge in [0.05, 0.1) is 16.4 Å². The third-order valence-corrected chi connectivity index (χ3v) is 5.01. The van der Waals surface area contributed by atoms with Crippen molar-refractivity contribution in [2.75, 3.05) is 18.4 Å². The van der Waals surface area contributed by atoms with Crippen LogP contribution in [0.15, 0.2) is 41.8 Å². The first-order valence-corrected chi connectivity index (χ1v) is 8.80. The minimum absolute atomic E-state index is 0.0567. The van der Waals surface area contributed by atoms with E-state index in [1.807, 2.05) is 30.3 Å². The van der Waals surface area contributed by atoms with E-state index < -0.39 is 4.92 Å². The fraction of sp³-hybridized carbons (Fsp3) is 0.294. The zero-order chi connectivity index (χ0) is 17.8. The number of benzene rings is 1. The second-order valence-corrected chi connectivity index (χ2v) is 6.77. The van der Waals surface area contributed by atoms with E-state index >= 15 is 0 Å². The van der Waals surface area contributed by atoms with Gasteiger partial charge in [-0.1, -0.05) is 29.5 Å². The van der Waals surface area contributed by atoms with Gasteiger partial charge in [0.15, 0.2) is 0 Å². The predicted molar refractivity (Wildman–Crippen MR) is 94.7 cm³/mol. The van der Waals surface area contributed by atoms with Crippen LogP contribution in [0.4, 0.5) is 10.7 Å². The Labute approximate surface area is 148 Å². The molecule has 1 N–H and O–H groups in total. The van der Waals surface area contributed by atoms with Crippen LogP contribution in [0.25, 0.3) is 0 Å². The summed E-state index contributed by atoms with van der Waals surface area (Å²) in [7, 11) is 0. The summed E-state index contributed by atoms with van der Waals surface area (Å²) < 4.78 is 0. The van der Waals surface area contributed by atoms with Crippen molar-refractivity contribution < 1.29 is 14.5 Å². The highest BCUT2D eigenvalue weighted by molar-refractivity contribution is 7.13. The largest absolute Gasteiger partial charge is 0.338 e. The number of nitro groups is 1. The lowest BCUT2D eigenvalue weighted by molar-refractivity contribution is -0.380. The van der Waals surface area contributed by atoms with Crippen LogP contribution in [-0.2, 0) is 4.79 Å². The van der Waals surface area contributed by atoms with Crippen LogP contribution in [0.2, 0.25) is 0 Å².